The summed E-state index contributed by atoms with van der Waals surface area (Å²) in [5.74, 6) is -0.309. The van der Waals surface area contributed by atoms with E-state index in [4.69, 9.17) is 9.47 Å². The zero-order valence-electron chi connectivity index (χ0n) is 16.4. The van der Waals surface area contributed by atoms with E-state index >= 15 is 0 Å². The van der Waals surface area contributed by atoms with Gasteiger partial charge in [-0.25, -0.2) is 9.59 Å². The Balaban J connectivity index is 1.85. The molecule has 0 atom stereocenters. The largest absolute Gasteiger partial charge is 0.423 e. The molecule has 0 radical (unpaired) electrons. The van der Waals surface area contributed by atoms with Crippen molar-refractivity contribution in [3.05, 3.63) is 94.0 Å². The number of carbonyl (C=O) groups is 2. The fourth-order valence-electron chi connectivity index (χ4n) is 3.15. The molecular weight excluding hydrogens is 352 g/mol. The van der Waals surface area contributed by atoms with Gasteiger partial charge in [0.15, 0.2) is 0 Å². The first-order valence-electron chi connectivity index (χ1n) is 9.02. The van der Waals surface area contributed by atoms with E-state index in [-0.39, 0.29) is 11.1 Å². The molecular formula is C24H22O4. The van der Waals surface area contributed by atoms with Gasteiger partial charge in [-0.1, -0.05) is 24.3 Å². The fourth-order valence-corrected chi connectivity index (χ4v) is 3.15. The van der Waals surface area contributed by atoms with Gasteiger partial charge in [-0.05, 0) is 86.3 Å². The molecule has 0 fully saturated rings. The molecule has 0 saturated heterocycles. The first kappa shape index (κ1) is 19.4. The van der Waals surface area contributed by atoms with E-state index in [1.54, 1.807) is 48.5 Å². The Morgan fingerprint density at radius 3 is 1.21 bits per heavy atom. The van der Waals surface area contributed by atoms with Gasteiger partial charge in [0.25, 0.3) is 0 Å². The number of esters is 2. The van der Waals surface area contributed by atoms with E-state index in [2.05, 4.69) is 0 Å². The average molecular weight is 374 g/mol. The molecule has 0 unspecified atom stereocenters. The van der Waals surface area contributed by atoms with Crippen LogP contribution < -0.4 is 9.47 Å². The number of aryl methyl sites for hydroxylation is 4. The molecule has 0 saturated carbocycles. The summed E-state index contributed by atoms with van der Waals surface area (Å²) < 4.78 is 11.0. The van der Waals surface area contributed by atoms with Crippen LogP contribution in [-0.4, -0.2) is 11.9 Å². The van der Waals surface area contributed by atoms with Gasteiger partial charge in [-0.2, -0.15) is 0 Å². The molecule has 142 valence electrons. The number of hydrogen-bond acceptors (Lipinski definition) is 4. The van der Waals surface area contributed by atoms with Crippen LogP contribution in [-0.2, 0) is 0 Å². The highest BCUT2D eigenvalue weighted by Gasteiger charge is 2.20. The molecule has 4 heteroatoms. The Bertz CT molecular complexity index is 925. The van der Waals surface area contributed by atoms with Crippen LogP contribution in [0.4, 0.5) is 0 Å². The van der Waals surface area contributed by atoms with Crippen LogP contribution in [0.1, 0.15) is 43.0 Å². The minimum absolute atomic E-state index is 0.163. The lowest BCUT2D eigenvalue weighted by Crippen LogP contribution is -2.17. The van der Waals surface area contributed by atoms with Gasteiger partial charge in [0.05, 0.1) is 11.1 Å². The lowest BCUT2D eigenvalue weighted by Gasteiger charge is -2.11. The fraction of sp³-hybridized carbons (Fsp3) is 0.167. The molecule has 0 aliphatic rings. The summed E-state index contributed by atoms with van der Waals surface area (Å²) in [6.45, 7) is 7.72. The summed E-state index contributed by atoms with van der Waals surface area (Å²) >= 11 is 0. The minimum atomic E-state index is -0.599. The Labute approximate surface area is 164 Å². The van der Waals surface area contributed by atoms with Gasteiger partial charge >= 0.3 is 11.9 Å². The van der Waals surface area contributed by atoms with E-state index < -0.39 is 11.9 Å². The topological polar surface area (TPSA) is 52.6 Å². The van der Waals surface area contributed by atoms with Gasteiger partial charge in [0.1, 0.15) is 11.5 Å². The molecule has 0 spiro atoms. The number of benzene rings is 3. The molecule has 3 aromatic carbocycles. The summed E-state index contributed by atoms with van der Waals surface area (Å²) in [7, 11) is 0. The van der Waals surface area contributed by atoms with Gasteiger partial charge < -0.3 is 9.47 Å². The van der Waals surface area contributed by atoms with Crippen molar-refractivity contribution in [3.63, 3.8) is 0 Å². The standard InChI is InChI=1S/C24H22O4/c1-15-9-16(2)12-19(11-15)27-23(25)21-7-5-6-8-22(21)24(26)28-20-13-17(3)10-18(4)14-20/h5-14H,1-4H3. The second-order valence-corrected chi connectivity index (χ2v) is 6.97. The maximum Gasteiger partial charge on any atom is 0.344 e. The van der Waals surface area contributed by atoms with E-state index in [9.17, 15) is 9.59 Å². The molecule has 3 aromatic rings. The number of ether oxygens (including phenoxy) is 2. The van der Waals surface area contributed by atoms with Crippen LogP contribution in [0, 0.1) is 27.7 Å². The van der Waals surface area contributed by atoms with E-state index in [0.29, 0.717) is 11.5 Å². The van der Waals surface area contributed by atoms with E-state index in [0.717, 1.165) is 22.3 Å². The van der Waals surface area contributed by atoms with Crippen molar-refractivity contribution >= 4 is 11.9 Å². The summed E-state index contributed by atoms with van der Waals surface area (Å²) in [5.41, 5.74) is 4.29. The Hall–Kier alpha value is -3.40. The monoisotopic (exact) mass is 374 g/mol. The van der Waals surface area contributed by atoms with E-state index in [1.165, 1.54) is 0 Å². The molecule has 0 bridgehead atoms. The maximum absolute atomic E-state index is 12.7. The quantitative estimate of drug-likeness (QED) is 0.456. The third-order valence-corrected chi connectivity index (χ3v) is 4.18. The first-order valence-corrected chi connectivity index (χ1v) is 9.02. The molecule has 0 aliphatic heterocycles. The van der Waals surface area contributed by atoms with Crippen LogP contribution in [0.3, 0.4) is 0 Å². The Morgan fingerprint density at radius 2 is 0.893 bits per heavy atom. The molecule has 0 amide bonds. The van der Waals surface area contributed by atoms with Crippen molar-refractivity contribution in [2.24, 2.45) is 0 Å². The lowest BCUT2D eigenvalue weighted by molar-refractivity contribution is 0.0692. The third kappa shape index (κ3) is 4.65. The summed E-state index contributed by atoms with van der Waals surface area (Å²) in [5, 5.41) is 0. The van der Waals surface area contributed by atoms with Crippen LogP contribution in [0.5, 0.6) is 11.5 Å². The molecule has 0 N–H and O–H groups in total. The molecule has 3 rings (SSSR count). The lowest BCUT2D eigenvalue weighted by atomic mass is 10.1. The predicted molar refractivity (Wildman–Crippen MR) is 108 cm³/mol. The highest BCUT2D eigenvalue weighted by molar-refractivity contribution is 6.04. The summed E-state index contributed by atoms with van der Waals surface area (Å²) in [6.07, 6.45) is 0. The zero-order valence-corrected chi connectivity index (χ0v) is 16.4. The summed E-state index contributed by atoms with van der Waals surface area (Å²) in [6, 6.07) is 17.6. The smallest absolute Gasteiger partial charge is 0.344 e. The average Bonchev–Trinajstić information content (AvgIpc) is 2.59. The molecule has 4 nitrogen and oxygen atoms in total. The van der Waals surface area contributed by atoms with Gasteiger partial charge in [0.2, 0.25) is 0 Å². The maximum atomic E-state index is 12.7. The van der Waals surface area contributed by atoms with Gasteiger partial charge in [-0.3, -0.25) is 0 Å². The van der Waals surface area contributed by atoms with Gasteiger partial charge in [0, 0.05) is 0 Å². The van der Waals surface area contributed by atoms with Crippen molar-refractivity contribution in [3.8, 4) is 11.5 Å². The van der Waals surface area contributed by atoms with Crippen molar-refractivity contribution in [2.75, 3.05) is 0 Å². The predicted octanol–water partition coefficient (Wildman–Crippen LogP) is 5.36. The van der Waals surface area contributed by atoms with Crippen molar-refractivity contribution in [1.29, 1.82) is 0 Å². The highest BCUT2D eigenvalue weighted by Crippen LogP contribution is 2.21. The molecule has 0 heterocycles. The molecule has 28 heavy (non-hydrogen) atoms. The van der Waals surface area contributed by atoms with Crippen molar-refractivity contribution in [2.45, 2.75) is 27.7 Å². The second-order valence-electron chi connectivity index (χ2n) is 6.97. The Kier molecular flexibility index (Phi) is 5.59. The zero-order chi connectivity index (χ0) is 20.3. The normalized spacial score (nSPS) is 10.4. The highest BCUT2D eigenvalue weighted by atomic mass is 16.5. The Morgan fingerprint density at radius 1 is 0.571 bits per heavy atom. The first-order chi connectivity index (χ1) is 13.3. The van der Waals surface area contributed by atoms with Gasteiger partial charge in [-0.15, -0.1) is 0 Å². The van der Waals surface area contributed by atoms with Crippen LogP contribution in [0.2, 0.25) is 0 Å². The number of carbonyl (C=O) groups excluding carboxylic acids is 2. The minimum Gasteiger partial charge on any atom is -0.423 e. The molecule has 0 aliphatic carbocycles. The third-order valence-electron chi connectivity index (χ3n) is 4.18. The molecule has 0 aromatic heterocycles. The van der Waals surface area contributed by atoms with Crippen molar-refractivity contribution in [1.82, 2.24) is 0 Å². The number of rotatable bonds is 4. The second kappa shape index (κ2) is 8.09. The van der Waals surface area contributed by atoms with Crippen LogP contribution in [0.15, 0.2) is 60.7 Å². The van der Waals surface area contributed by atoms with E-state index in [1.807, 2.05) is 39.8 Å². The van der Waals surface area contributed by atoms with Crippen LogP contribution >= 0.6 is 0 Å². The van der Waals surface area contributed by atoms with Crippen LogP contribution in [0.25, 0.3) is 0 Å². The summed E-state index contributed by atoms with van der Waals surface area (Å²) in [4.78, 5) is 25.4. The SMILES string of the molecule is Cc1cc(C)cc(OC(=O)c2ccccc2C(=O)Oc2cc(C)cc(C)c2)c1. The number of hydrogen-bond donors (Lipinski definition) is 0. The van der Waals surface area contributed by atoms with Crippen molar-refractivity contribution < 1.29 is 19.1 Å².